The number of para-hydroxylation sites is 1. The molecule has 2 N–H and O–H groups in total. The van der Waals surface area contributed by atoms with Crippen molar-refractivity contribution in [2.45, 2.75) is 32.4 Å². The van der Waals surface area contributed by atoms with Crippen molar-refractivity contribution in [3.05, 3.63) is 29.8 Å². The lowest BCUT2D eigenvalue weighted by Gasteiger charge is -2.11. The first-order valence-corrected chi connectivity index (χ1v) is 7.58. The van der Waals surface area contributed by atoms with Crippen molar-refractivity contribution in [2.24, 2.45) is 4.99 Å². The Hall–Kier alpha value is -1.75. The fourth-order valence-corrected chi connectivity index (χ4v) is 1.97. The first-order chi connectivity index (χ1) is 10.3. The van der Waals surface area contributed by atoms with E-state index in [4.69, 9.17) is 9.47 Å². The number of nitrogens with one attached hydrogen (secondary N) is 2. The summed E-state index contributed by atoms with van der Waals surface area (Å²) >= 11 is 0. The maximum absolute atomic E-state index is 5.67. The second kappa shape index (κ2) is 8.52. The molecule has 0 heterocycles. The highest BCUT2D eigenvalue weighted by atomic mass is 16.5. The molecule has 1 aromatic rings. The van der Waals surface area contributed by atoms with E-state index >= 15 is 0 Å². The SMILES string of the molecule is CCNC(=NCCOCc1ccccc1OC)NC1CC1. The van der Waals surface area contributed by atoms with Crippen LogP contribution in [0, 0.1) is 0 Å². The van der Waals surface area contributed by atoms with Crippen LogP contribution < -0.4 is 15.4 Å². The predicted octanol–water partition coefficient (Wildman–Crippen LogP) is 1.93. The predicted molar refractivity (Wildman–Crippen MR) is 84.8 cm³/mol. The maximum Gasteiger partial charge on any atom is 0.191 e. The van der Waals surface area contributed by atoms with Crippen molar-refractivity contribution < 1.29 is 9.47 Å². The Kier molecular flexibility index (Phi) is 6.34. The Morgan fingerprint density at radius 3 is 2.86 bits per heavy atom. The molecule has 0 atom stereocenters. The summed E-state index contributed by atoms with van der Waals surface area (Å²) in [6.07, 6.45) is 2.49. The Morgan fingerprint density at radius 1 is 1.33 bits per heavy atom. The molecule has 116 valence electrons. The van der Waals surface area contributed by atoms with Gasteiger partial charge in [0, 0.05) is 18.2 Å². The molecule has 0 spiro atoms. The number of ether oxygens (including phenoxy) is 2. The smallest absolute Gasteiger partial charge is 0.191 e. The molecule has 0 bridgehead atoms. The van der Waals surface area contributed by atoms with Gasteiger partial charge in [0.05, 0.1) is 26.9 Å². The highest BCUT2D eigenvalue weighted by Gasteiger charge is 2.21. The van der Waals surface area contributed by atoms with Crippen LogP contribution >= 0.6 is 0 Å². The van der Waals surface area contributed by atoms with Crippen LogP contribution in [0.4, 0.5) is 0 Å². The average Bonchev–Trinajstić information content (AvgIpc) is 3.31. The Balaban J connectivity index is 1.70. The molecular weight excluding hydrogens is 266 g/mol. The number of benzene rings is 1. The largest absolute Gasteiger partial charge is 0.496 e. The van der Waals surface area contributed by atoms with Gasteiger partial charge in [-0.15, -0.1) is 0 Å². The zero-order chi connectivity index (χ0) is 14.9. The summed E-state index contributed by atoms with van der Waals surface area (Å²) < 4.78 is 11.0. The summed E-state index contributed by atoms with van der Waals surface area (Å²) in [5, 5.41) is 6.63. The molecule has 1 saturated carbocycles. The fraction of sp³-hybridized carbons (Fsp3) is 0.562. The van der Waals surface area contributed by atoms with Gasteiger partial charge in [0.25, 0.3) is 0 Å². The summed E-state index contributed by atoms with van der Waals surface area (Å²) in [6.45, 7) is 4.74. The summed E-state index contributed by atoms with van der Waals surface area (Å²) in [5.41, 5.74) is 1.06. The van der Waals surface area contributed by atoms with E-state index in [0.717, 1.165) is 23.8 Å². The van der Waals surface area contributed by atoms with Gasteiger partial charge in [0.1, 0.15) is 5.75 Å². The Bertz CT molecular complexity index is 459. The molecule has 0 radical (unpaired) electrons. The van der Waals surface area contributed by atoms with Gasteiger partial charge >= 0.3 is 0 Å². The van der Waals surface area contributed by atoms with Crippen LogP contribution in [0.5, 0.6) is 5.75 Å². The third kappa shape index (κ3) is 5.63. The lowest BCUT2D eigenvalue weighted by atomic mass is 10.2. The Morgan fingerprint density at radius 2 is 2.14 bits per heavy atom. The third-order valence-electron chi connectivity index (χ3n) is 3.22. The molecule has 21 heavy (non-hydrogen) atoms. The fourth-order valence-electron chi connectivity index (χ4n) is 1.97. The second-order valence-electron chi connectivity index (χ2n) is 5.04. The lowest BCUT2D eigenvalue weighted by molar-refractivity contribution is 0.126. The van der Waals surface area contributed by atoms with Crippen molar-refractivity contribution in [2.75, 3.05) is 26.8 Å². The lowest BCUT2D eigenvalue weighted by Crippen LogP contribution is -2.38. The van der Waals surface area contributed by atoms with Crippen LogP contribution in [0.3, 0.4) is 0 Å². The van der Waals surface area contributed by atoms with E-state index in [1.54, 1.807) is 7.11 Å². The molecule has 1 aliphatic rings. The van der Waals surface area contributed by atoms with Gasteiger partial charge in [0.15, 0.2) is 5.96 Å². The molecule has 0 aliphatic heterocycles. The number of rotatable bonds is 8. The second-order valence-corrected chi connectivity index (χ2v) is 5.04. The monoisotopic (exact) mass is 291 g/mol. The number of aliphatic imine (C=N–C) groups is 1. The van der Waals surface area contributed by atoms with Crippen LogP contribution in [-0.4, -0.2) is 38.8 Å². The quantitative estimate of drug-likeness (QED) is 0.436. The molecule has 1 aromatic carbocycles. The van der Waals surface area contributed by atoms with Gasteiger partial charge in [-0.25, -0.2) is 0 Å². The van der Waals surface area contributed by atoms with Crippen LogP contribution in [0.15, 0.2) is 29.3 Å². The van der Waals surface area contributed by atoms with Gasteiger partial charge in [0.2, 0.25) is 0 Å². The normalized spacial score (nSPS) is 14.9. The Labute approximate surface area is 126 Å². The molecule has 5 nitrogen and oxygen atoms in total. The zero-order valence-corrected chi connectivity index (χ0v) is 12.9. The molecule has 0 amide bonds. The first kappa shape index (κ1) is 15.6. The summed E-state index contributed by atoms with van der Waals surface area (Å²) in [4.78, 5) is 4.51. The summed E-state index contributed by atoms with van der Waals surface area (Å²) in [7, 11) is 1.68. The number of hydrogen-bond acceptors (Lipinski definition) is 3. The topological polar surface area (TPSA) is 54.9 Å². The first-order valence-electron chi connectivity index (χ1n) is 7.58. The van der Waals surface area contributed by atoms with Crippen molar-refractivity contribution >= 4 is 5.96 Å². The molecule has 0 saturated heterocycles. The van der Waals surface area contributed by atoms with Gasteiger partial charge < -0.3 is 20.1 Å². The standard InChI is InChI=1S/C16H25N3O2/c1-3-17-16(19-14-8-9-14)18-10-11-21-12-13-6-4-5-7-15(13)20-2/h4-7,14H,3,8-12H2,1-2H3,(H2,17,18,19). The molecular formula is C16H25N3O2. The minimum atomic E-state index is 0.548. The minimum Gasteiger partial charge on any atom is -0.496 e. The molecule has 1 aliphatic carbocycles. The number of methoxy groups -OCH3 is 1. The average molecular weight is 291 g/mol. The van der Waals surface area contributed by atoms with Crippen molar-refractivity contribution in [3.63, 3.8) is 0 Å². The van der Waals surface area contributed by atoms with Crippen molar-refractivity contribution in [1.82, 2.24) is 10.6 Å². The van der Waals surface area contributed by atoms with E-state index in [-0.39, 0.29) is 0 Å². The molecule has 2 rings (SSSR count). The maximum atomic E-state index is 5.67. The molecule has 1 fully saturated rings. The number of nitrogens with zero attached hydrogens (tertiary/aromatic N) is 1. The molecule has 0 unspecified atom stereocenters. The number of hydrogen-bond donors (Lipinski definition) is 2. The number of guanidine groups is 1. The van der Waals surface area contributed by atoms with Gasteiger partial charge in [-0.05, 0) is 25.8 Å². The molecule has 0 aromatic heterocycles. The highest BCUT2D eigenvalue weighted by Crippen LogP contribution is 2.18. The van der Waals surface area contributed by atoms with Crippen molar-refractivity contribution in [3.8, 4) is 5.75 Å². The van der Waals surface area contributed by atoms with E-state index in [9.17, 15) is 0 Å². The van der Waals surface area contributed by atoms with E-state index in [0.29, 0.717) is 25.8 Å². The van der Waals surface area contributed by atoms with Crippen molar-refractivity contribution in [1.29, 1.82) is 0 Å². The van der Waals surface area contributed by atoms with Crippen LogP contribution in [0.25, 0.3) is 0 Å². The van der Waals surface area contributed by atoms with Crippen LogP contribution in [0.1, 0.15) is 25.3 Å². The van der Waals surface area contributed by atoms with E-state index < -0.39 is 0 Å². The zero-order valence-electron chi connectivity index (χ0n) is 12.9. The van der Waals surface area contributed by atoms with Gasteiger partial charge in [-0.2, -0.15) is 0 Å². The third-order valence-corrected chi connectivity index (χ3v) is 3.22. The van der Waals surface area contributed by atoms with E-state index in [1.165, 1.54) is 12.8 Å². The highest BCUT2D eigenvalue weighted by molar-refractivity contribution is 5.80. The van der Waals surface area contributed by atoms with Crippen LogP contribution in [-0.2, 0) is 11.3 Å². The summed E-state index contributed by atoms with van der Waals surface area (Å²) in [6, 6.07) is 8.51. The van der Waals surface area contributed by atoms with Gasteiger partial charge in [-0.3, -0.25) is 4.99 Å². The molecule has 5 heteroatoms. The van der Waals surface area contributed by atoms with Crippen LogP contribution in [0.2, 0.25) is 0 Å². The van der Waals surface area contributed by atoms with Gasteiger partial charge in [-0.1, -0.05) is 18.2 Å². The minimum absolute atomic E-state index is 0.548. The van der Waals surface area contributed by atoms with E-state index in [1.807, 2.05) is 24.3 Å². The van der Waals surface area contributed by atoms with E-state index in [2.05, 4.69) is 22.5 Å². The summed E-state index contributed by atoms with van der Waals surface area (Å²) in [5.74, 6) is 1.76.